The standard InChI is InChI=1S/C8H16N2O2.C6H5NO2/c1-8(2,3)12-7(11)10-4-6(9)5-10;8-7(9)6-4-2-1-3-5-6/h6H,4-5,9H2,1-3H3;1-5H. The predicted octanol–water partition coefficient (Wildman–Crippen LogP) is 2.16. The van der Waals surface area contributed by atoms with Gasteiger partial charge in [0.15, 0.2) is 0 Å². The fourth-order valence-corrected chi connectivity index (χ4v) is 1.54. The van der Waals surface area contributed by atoms with Crippen molar-refractivity contribution in [3.05, 3.63) is 40.4 Å². The van der Waals surface area contributed by atoms with Crippen molar-refractivity contribution in [2.45, 2.75) is 32.4 Å². The summed E-state index contributed by atoms with van der Waals surface area (Å²) in [4.78, 5) is 22.4. The first kappa shape index (κ1) is 16.9. The molecule has 0 unspecified atom stereocenters. The highest BCUT2D eigenvalue weighted by atomic mass is 16.6. The zero-order valence-electron chi connectivity index (χ0n) is 12.5. The van der Waals surface area contributed by atoms with Gasteiger partial charge in [0.05, 0.1) is 4.92 Å². The first-order valence-electron chi connectivity index (χ1n) is 6.62. The maximum atomic E-state index is 11.2. The van der Waals surface area contributed by atoms with Crippen LogP contribution in [0.3, 0.4) is 0 Å². The van der Waals surface area contributed by atoms with E-state index in [0.717, 1.165) is 0 Å². The minimum Gasteiger partial charge on any atom is -0.444 e. The van der Waals surface area contributed by atoms with E-state index in [0.29, 0.717) is 13.1 Å². The lowest BCUT2D eigenvalue weighted by Crippen LogP contribution is -2.58. The van der Waals surface area contributed by atoms with Gasteiger partial charge in [-0.3, -0.25) is 10.1 Å². The Morgan fingerprint density at radius 1 is 1.33 bits per heavy atom. The Morgan fingerprint density at radius 3 is 2.19 bits per heavy atom. The van der Waals surface area contributed by atoms with Crippen molar-refractivity contribution in [3.8, 4) is 0 Å². The molecule has 116 valence electrons. The van der Waals surface area contributed by atoms with Crippen LogP contribution in [-0.4, -0.2) is 40.6 Å². The Balaban J connectivity index is 0.000000219. The average molecular weight is 295 g/mol. The van der Waals surface area contributed by atoms with Gasteiger partial charge in [-0.15, -0.1) is 0 Å². The highest BCUT2D eigenvalue weighted by molar-refractivity contribution is 5.69. The molecular weight excluding hydrogens is 274 g/mol. The normalized spacial score (nSPS) is 14.6. The van der Waals surface area contributed by atoms with Gasteiger partial charge in [-0.25, -0.2) is 4.79 Å². The molecule has 1 aliphatic rings. The van der Waals surface area contributed by atoms with E-state index in [2.05, 4.69) is 0 Å². The van der Waals surface area contributed by atoms with Crippen molar-refractivity contribution in [2.75, 3.05) is 13.1 Å². The molecule has 0 bridgehead atoms. The summed E-state index contributed by atoms with van der Waals surface area (Å²) in [5.74, 6) is 0. The molecule has 0 aliphatic carbocycles. The van der Waals surface area contributed by atoms with Gasteiger partial charge in [0.1, 0.15) is 5.60 Å². The molecule has 2 N–H and O–H groups in total. The third kappa shape index (κ3) is 6.22. The molecule has 1 aromatic rings. The number of hydrogen-bond donors (Lipinski definition) is 1. The third-order valence-electron chi connectivity index (χ3n) is 2.53. The topological polar surface area (TPSA) is 98.7 Å². The van der Waals surface area contributed by atoms with Crippen LogP contribution in [0.2, 0.25) is 0 Å². The molecule has 0 atom stereocenters. The molecule has 21 heavy (non-hydrogen) atoms. The quantitative estimate of drug-likeness (QED) is 0.632. The Bertz CT molecular complexity index is 479. The maximum Gasteiger partial charge on any atom is 0.410 e. The largest absolute Gasteiger partial charge is 0.444 e. The highest BCUT2D eigenvalue weighted by Gasteiger charge is 2.31. The fraction of sp³-hybridized carbons (Fsp3) is 0.500. The molecular formula is C14H21N3O4. The number of amides is 1. The molecule has 0 radical (unpaired) electrons. The first-order chi connectivity index (χ1) is 9.69. The van der Waals surface area contributed by atoms with Crippen molar-refractivity contribution in [2.24, 2.45) is 5.73 Å². The number of nitro groups is 1. The average Bonchev–Trinajstić information content (AvgIpc) is 2.34. The summed E-state index contributed by atoms with van der Waals surface area (Å²) < 4.78 is 5.12. The molecule has 1 aliphatic heterocycles. The molecule has 1 saturated heterocycles. The van der Waals surface area contributed by atoms with E-state index in [9.17, 15) is 14.9 Å². The van der Waals surface area contributed by atoms with Crippen LogP contribution in [0.15, 0.2) is 30.3 Å². The van der Waals surface area contributed by atoms with E-state index in [4.69, 9.17) is 10.5 Å². The van der Waals surface area contributed by atoms with Crippen molar-refractivity contribution in [3.63, 3.8) is 0 Å². The molecule has 0 spiro atoms. The number of carbonyl (C=O) groups is 1. The molecule has 0 aromatic heterocycles. The second-order valence-corrected chi connectivity index (χ2v) is 5.74. The molecule has 0 saturated carbocycles. The second-order valence-electron chi connectivity index (χ2n) is 5.74. The van der Waals surface area contributed by atoms with Crippen LogP contribution in [0.1, 0.15) is 20.8 Å². The van der Waals surface area contributed by atoms with E-state index >= 15 is 0 Å². The van der Waals surface area contributed by atoms with Crippen molar-refractivity contribution in [1.82, 2.24) is 4.90 Å². The SMILES string of the molecule is CC(C)(C)OC(=O)N1CC(N)C1.O=[N+]([O-])c1ccccc1. The van der Waals surface area contributed by atoms with Gasteiger partial charge in [0, 0.05) is 31.3 Å². The van der Waals surface area contributed by atoms with Gasteiger partial charge in [0.25, 0.3) is 5.69 Å². The summed E-state index contributed by atoms with van der Waals surface area (Å²) in [6.07, 6.45) is -0.260. The number of ether oxygens (including phenoxy) is 1. The van der Waals surface area contributed by atoms with Crippen LogP contribution in [0.25, 0.3) is 0 Å². The molecule has 1 fully saturated rings. The smallest absolute Gasteiger partial charge is 0.410 e. The summed E-state index contributed by atoms with van der Waals surface area (Å²) in [7, 11) is 0. The Kier molecular flexibility index (Phi) is 5.66. The summed E-state index contributed by atoms with van der Waals surface area (Å²) >= 11 is 0. The van der Waals surface area contributed by atoms with Crippen LogP contribution in [0, 0.1) is 10.1 Å². The van der Waals surface area contributed by atoms with E-state index in [1.807, 2.05) is 20.8 Å². The van der Waals surface area contributed by atoms with Crippen LogP contribution >= 0.6 is 0 Å². The second kappa shape index (κ2) is 7.03. The van der Waals surface area contributed by atoms with Gasteiger partial charge in [0.2, 0.25) is 0 Å². The van der Waals surface area contributed by atoms with Crippen LogP contribution in [-0.2, 0) is 4.74 Å². The fourth-order valence-electron chi connectivity index (χ4n) is 1.54. The third-order valence-corrected chi connectivity index (χ3v) is 2.53. The molecule has 2 rings (SSSR count). The number of rotatable bonds is 1. The number of non-ortho nitro benzene ring substituents is 1. The van der Waals surface area contributed by atoms with Crippen molar-refractivity contribution < 1.29 is 14.5 Å². The molecule has 1 aromatic carbocycles. The summed E-state index contributed by atoms with van der Waals surface area (Å²) in [6.45, 7) is 6.80. The van der Waals surface area contributed by atoms with Crippen molar-refractivity contribution >= 4 is 11.8 Å². The van der Waals surface area contributed by atoms with Gasteiger partial charge >= 0.3 is 6.09 Å². The Labute approximate surface area is 123 Å². The Hall–Kier alpha value is -2.15. The van der Waals surface area contributed by atoms with Crippen LogP contribution < -0.4 is 5.73 Å². The lowest BCUT2D eigenvalue weighted by molar-refractivity contribution is -0.384. The maximum absolute atomic E-state index is 11.2. The number of nitrogens with two attached hydrogens (primary N) is 1. The first-order valence-corrected chi connectivity index (χ1v) is 6.62. The minimum absolute atomic E-state index is 0.137. The number of benzene rings is 1. The van der Waals surface area contributed by atoms with E-state index in [-0.39, 0.29) is 17.8 Å². The summed E-state index contributed by atoms with van der Waals surface area (Å²) in [5, 5.41) is 10.0. The van der Waals surface area contributed by atoms with Gasteiger partial charge in [-0.2, -0.15) is 0 Å². The monoisotopic (exact) mass is 295 g/mol. The highest BCUT2D eigenvalue weighted by Crippen LogP contribution is 2.13. The number of nitro benzene ring substituents is 1. The number of carbonyl (C=O) groups excluding carboxylic acids is 1. The van der Waals surface area contributed by atoms with Crippen LogP contribution in [0.4, 0.5) is 10.5 Å². The molecule has 1 amide bonds. The van der Waals surface area contributed by atoms with Crippen molar-refractivity contribution in [1.29, 1.82) is 0 Å². The number of para-hydroxylation sites is 1. The summed E-state index contributed by atoms with van der Waals surface area (Å²) in [6, 6.07) is 8.07. The number of hydrogen-bond acceptors (Lipinski definition) is 5. The number of nitrogens with zero attached hydrogens (tertiary/aromatic N) is 2. The van der Waals surface area contributed by atoms with Crippen LogP contribution in [0.5, 0.6) is 0 Å². The lowest BCUT2D eigenvalue weighted by atomic mass is 10.1. The number of likely N-dealkylation sites (tertiary alicyclic amines) is 1. The van der Waals surface area contributed by atoms with Gasteiger partial charge in [-0.1, -0.05) is 18.2 Å². The Morgan fingerprint density at radius 2 is 1.86 bits per heavy atom. The summed E-state index contributed by atoms with van der Waals surface area (Å²) in [5.41, 5.74) is 5.25. The van der Waals surface area contributed by atoms with Gasteiger partial charge in [-0.05, 0) is 20.8 Å². The minimum atomic E-state index is -0.417. The lowest BCUT2D eigenvalue weighted by Gasteiger charge is -2.37. The predicted molar refractivity (Wildman–Crippen MR) is 78.9 cm³/mol. The zero-order valence-corrected chi connectivity index (χ0v) is 12.5. The van der Waals surface area contributed by atoms with E-state index < -0.39 is 10.5 Å². The molecule has 7 nitrogen and oxygen atoms in total. The van der Waals surface area contributed by atoms with E-state index in [1.165, 1.54) is 12.1 Å². The zero-order chi connectivity index (χ0) is 16.0. The molecule has 7 heteroatoms. The van der Waals surface area contributed by atoms with E-state index in [1.54, 1.807) is 23.1 Å². The van der Waals surface area contributed by atoms with Gasteiger partial charge < -0.3 is 15.4 Å². The molecule has 1 heterocycles.